The van der Waals surface area contributed by atoms with Gasteiger partial charge in [-0.1, -0.05) is 26.2 Å². The van der Waals surface area contributed by atoms with E-state index in [1.807, 2.05) is 11.8 Å². The Balaban J connectivity index is 0.00000361. The first-order valence-electron chi connectivity index (χ1n) is 7.46. The molecule has 1 fully saturated rings. The minimum absolute atomic E-state index is 0. The lowest BCUT2D eigenvalue weighted by Gasteiger charge is -2.20. The molecular formula is C14H28ClN3O2. The number of nitrogens with two attached hydrogens (primary N) is 1. The molecule has 1 atom stereocenters. The molecule has 6 heteroatoms. The molecule has 1 heterocycles. The van der Waals surface area contributed by atoms with Crippen LogP contribution in [0.2, 0.25) is 0 Å². The van der Waals surface area contributed by atoms with Crippen molar-refractivity contribution in [3.05, 3.63) is 0 Å². The van der Waals surface area contributed by atoms with Crippen molar-refractivity contribution in [3.8, 4) is 0 Å². The number of carbonyl (C=O) groups excluding carboxylic acids is 2. The second-order valence-corrected chi connectivity index (χ2v) is 5.23. The summed E-state index contributed by atoms with van der Waals surface area (Å²) in [5.41, 5.74) is 5.70. The third-order valence-electron chi connectivity index (χ3n) is 3.53. The van der Waals surface area contributed by atoms with Gasteiger partial charge in [-0.05, 0) is 19.3 Å². The number of hydrogen-bond acceptors (Lipinski definition) is 3. The molecule has 1 aliphatic rings. The number of rotatable bonds is 6. The summed E-state index contributed by atoms with van der Waals surface area (Å²) >= 11 is 0. The van der Waals surface area contributed by atoms with Crippen LogP contribution in [0, 0.1) is 0 Å². The van der Waals surface area contributed by atoms with Gasteiger partial charge in [0.2, 0.25) is 11.8 Å². The van der Waals surface area contributed by atoms with Crippen molar-refractivity contribution in [2.24, 2.45) is 5.73 Å². The van der Waals surface area contributed by atoms with Gasteiger partial charge in [-0.15, -0.1) is 12.4 Å². The molecule has 118 valence electrons. The Hall–Kier alpha value is -0.810. The Bertz CT molecular complexity index is 292. The summed E-state index contributed by atoms with van der Waals surface area (Å²) in [4.78, 5) is 25.5. The molecule has 2 amide bonds. The number of nitrogens with zero attached hydrogens (tertiary/aromatic N) is 1. The quantitative estimate of drug-likeness (QED) is 0.780. The first kappa shape index (κ1) is 19.2. The minimum Gasteiger partial charge on any atom is -0.354 e. The van der Waals surface area contributed by atoms with Crippen LogP contribution < -0.4 is 11.1 Å². The highest BCUT2D eigenvalue weighted by Crippen LogP contribution is 2.10. The molecule has 0 aliphatic carbocycles. The topological polar surface area (TPSA) is 75.4 Å². The first-order valence-corrected chi connectivity index (χ1v) is 7.46. The molecule has 1 rings (SSSR count). The van der Waals surface area contributed by atoms with E-state index in [4.69, 9.17) is 5.73 Å². The lowest BCUT2D eigenvalue weighted by Crippen LogP contribution is -2.42. The molecule has 0 radical (unpaired) electrons. The first-order chi connectivity index (χ1) is 9.15. The Morgan fingerprint density at radius 1 is 1.20 bits per heavy atom. The van der Waals surface area contributed by atoms with Crippen molar-refractivity contribution >= 4 is 24.2 Å². The Kier molecular flexibility index (Phi) is 10.5. The summed E-state index contributed by atoms with van der Waals surface area (Å²) in [5, 5.41) is 2.74. The van der Waals surface area contributed by atoms with Crippen molar-refractivity contribution in [1.29, 1.82) is 0 Å². The molecule has 3 N–H and O–H groups in total. The van der Waals surface area contributed by atoms with E-state index >= 15 is 0 Å². The molecule has 0 aromatic carbocycles. The highest BCUT2D eigenvalue weighted by Gasteiger charge is 2.16. The number of carbonyl (C=O) groups is 2. The number of hydrogen-bond donors (Lipinski definition) is 2. The average molecular weight is 306 g/mol. The van der Waals surface area contributed by atoms with E-state index < -0.39 is 6.04 Å². The summed E-state index contributed by atoms with van der Waals surface area (Å²) in [6, 6.07) is -0.446. The largest absolute Gasteiger partial charge is 0.354 e. The smallest absolute Gasteiger partial charge is 0.236 e. The number of amides is 2. The van der Waals surface area contributed by atoms with Gasteiger partial charge in [0, 0.05) is 26.1 Å². The van der Waals surface area contributed by atoms with Gasteiger partial charge in [-0.2, -0.15) is 0 Å². The normalized spacial score (nSPS) is 16.8. The van der Waals surface area contributed by atoms with Crippen LogP contribution in [0.1, 0.15) is 51.9 Å². The molecule has 1 aliphatic heterocycles. The molecule has 1 saturated heterocycles. The molecule has 20 heavy (non-hydrogen) atoms. The van der Waals surface area contributed by atoms with Gasteiger partial charge in [-0.3, -0.25) is 9.59 Å². The van der Waals surface area contributed by atoms with Crippen molar-refractivity contribution < 1.29 is 9.59 Å². The van der Waals surface area contributed by atoms with Crippen molar-refractivity contribution in [2.75, 3.05) is 19.6 Å². The molecular weight excluding hydrogens is 278 g/mol. The number of halogens is 1. The van der Waals surface area contributed by atoms with Gasteiger partial charge in [0.15, 0.2) is 0 Å². The third-order valence-corrected chi connectivity index (χ3v) is 3.53. The summed E-state index contributed by atoms with van der Waals surface area (Å²) in [6.45, 7) is 4.12. The molecule has 0 spiro atoms. The van der Waals surface area contributed by atoms with Crippen LogP contribution in [0.4, 0.5) is 0 Å². The maximum absolute atomic E-state index is 12.0. The standard InChI is InChI=1S/C14H27N3O2.ClH/c1-2-7-12(15)14(19)16-9-8-13(18)17-10-5-3-4-6-11-17;/h12H,2-11,15H2,1H3,(H,16,19);1H. The van der Waals surface area contributed by atoms with Gasteiger partial charge < -0.3 is 16.0 Å². The highest BCUT2D eigenvalue weighted by atomic mass is 35.5. The van der Waals surface area contributed by atoms with Crippen LogP contribution >= 0.6 is 12.4 Å². The molecule has 0 saturated carbocycles. The van der Waals surface area contributed by atoms with E-state index in [2.05, 4.69) is 5.32 Å². The highest BCUT2D eigenvalue weighted by molar-refractivity contribution is 5.85. The zero-order valence-corrected chi connectivity index (χ0v) is 13.2. The van der Waals surface area contributed by atoms with E-state index in [0.717, 1.165) is 32.4 Å². The lowest BCUT2D eigenvalue weighted by molar-refractivity contribution is -0.131. The fraction of sp³-hybridized carbons (Fsp3) is 0.857. The minimum atomic E-state index is -0.446. The van der Waals surface area contributed by atoms with Crippen LogP contribution in [0.15, 0.2) is 0 Å². The summed E-state index contributed by atoms with van der Waals surface area (Å²) in [5.74, 6) is -0.00298. The van der Waals surface area contributed by atoms with Crippen molar-refractivity contribution in [3.63, 3.8) is 0 Å². The molecule has 5 nitrogen and oxygen atoms in total. The van der Waals surface area contributed by atoms with E-state index in [1.54, 1.807) is 0 Å². The molecule has 0 aromatic rings. The number of likely N-dealkylation sites (tertiary alicyclic amines) is 1. The van der Waals surface area contributed by atoms with E-state index in [9.17, 15) is 9.59 Å². The lowest BCUT2D eigenvalue weighted by atomic mass is 10.1. The maximum Gasteiger partial charge on any atom is 0.236 e. The Morgan fingerprint density at radius 3 is 2.35 bits per heavy atom. The third kappa shape index (κ3) is 7.10. The second kappa shape index (κ2) is 10.9. The van der Waals surface area contributed by atoms with Crippen LogP contribution in [0.3, 0.4) is 0 Å². The van der Waals surface area contributed by atoms with Gasteiger partial charge >= 0.3 is 0 Å². The zero-order valence-electron chi connectivity index (χ0n) is 12.4. The van der Waals surface area contributed by atoms with Gasteiger partial charge in [-0.25, -0.2) is 0 Å². The van der Waals surface area contributed by atoms with Gasteiger partial charge in [0.05, 0.1) is 6.04 Å². The van der Waals surface area contributed by atoms with Gasteiger partial charge in [0.25, 0.3) is 0 Å². The molecule has 1 unspecified atom stereocenters. The molecule has 0 aromatic heterocycles. The summed E-state index contributed by atoms with van der Waals surface area (Å²) in [7, 11) is 0. The Morgan fingerprint density at radius 2 is 1.80 bits per heavy atom. The van der Waals surface area contributed by atoms with E-state index in [1.165, 1.54) is 12.8 Å². The van der Waals surface area contributed by atoms with Crippen LogP contribution in [0.25, 0.3) is 0 Å². The SMILES string of the molecule is CCCC(N)C(=O)NCCC(=O)N1CCCCCC1.Cl. The predicted octanol–water partition coefficient (Wildman–Crippen LogP) is 1.44. The maximum atomic E-state index is 12.0. The second-order valence-electron chi connectivity index (χ2n) is 5.23. The van der Waals surface area contributed by atoms with E-state index in [-0.39, 0.29) is 24.2 Å². The summed E-state index contributed by atoms with van der Waals surface area (Å²) < 4.78 is 0. The Labute approximate surface area is 128 Å². The fourth-order valence-corrected chi connectivity index (χ4v) is 2.34. The van der Waals surface area contributed by atoms with Gasteiger partial charge in [0.1, 0.15) is 0 Å². The monoisotopic (exact) mass is 305 g/mol. The zero-order chi connectivity index (χ0) is 14.1. The van der Waals surface area contributed by atoms with Crippen LogP contribution in [0.5, 0.6) is 0 Å². The summed E-state index contributed by atoms with van der Waals surface area (Å²) in [6.07, 6.45) is 6.58. The molecule has 0 bridgehead atoms. The fourth-order valence-electron chi connectivity index (χ4n) is 2.34. The van der Waals surface area contributed by atoms with E-state index in [0.29, 0.717) is 19.4 Å². The predicted molar refractivity (Wildman–Crippen MR) is 82.8 cm³/mol. The van der Waals surface area contributed by atoms with Crippen molar-refractivity contribution in [2.45, 2.75) is 57.9 Å². The van der Waals surface area contributed by atoms with Crippen molar-refractivity contribution in [1.82, 2.24) is 10.2 Å². The van der Waals surface area contributed by atoms with Crippen LogP contribution in [-0.4, -0.2) is 42.4 Å². The number of nitrogens with one attached hydrogen (secondary N) is 1. The average Bonchev–Trinajstić information content (AvgIpc) is 2.67. The van der Waals surface area contributed by atoms with Crippen LogP contribution in [-0.2, 0) is 9.59 Å².